The van der Waals surface area contributed by atoms with Crippen LogP contribution in [-0.4, -0.2) is 11.0 Å². The number of nitrogens with zero attached hydrogens (tertiary/aromatic N) is 1. The van der Waals surface area contributed by atoms with Gasteiger partial charge in [0.2, 0.25) is 0 Å². The summed E-state index contributed by atoms with van der Waals surface area (Å²) in [6.07, 6.45) is 3.43. The first kappa shape index (κ1) is 13.9. The zero-order valence-electron chi connectivity index (χ0n) is 11.5. The van der Waals surface area contributed by atoms with Crippen LogP contribution in [-0.2, 0) is 0 Å². The molecular weight excluding hydrogens is 281 g/mol. The number of hydrogen-bond donors (Lipinski definition) is 0. The maximum Gasteiger partial charge on any atom is 0.123 e. The summed E-state index contributed by atoms with van der Waals surface area (Å²) in [5.41, 5.74) is 1.99. The topological polar surface area (TPSA) is 53.0 Å². The van der Waals surface area contributed by atoms with E-state index in [4.69, 9.17) is 0 Å². The van der Waals surface area contributed by atoms with Crippen LogP contribution in [0.4, 0.5) is 4.39 Å². The average Bonchev–Trinajstić information content (AvgIpc) is 2.53. The summed E-state index contributed by atoms with van der Waals surface area (Å²) < 4.78 is 12.9. The number of rotatable bonds is 3. The van der Waals surface area contributed by atoms with Gasteiger partial charge in [0.15, 0.2) is 0 Å². The predicted octanol–water partition coefficient (Wildman–Crippen LogP) is 2.91. The van der Waals surface area contributed by atoms with Crippen LogP contribution in [0.2, 0.25) is 0 Å². The minimum Gasteiger partial charge on any atom is -0.545 e. The second-order valence-electron chi connectivity index (χ2n) is 4.78. The number of fused-ring (bicyclic) bond motifs is 1. The predicted molar refractivity (Wildman–Crippen MR) is 81.4 cm³/mol. The van der Waals surface area contributed by atoms with Crippen LogP contribution in [0.3, 0.4) is 0 Å². The Morgan fingerprint density at radius 2 is 1.77 bits per heavy atom. The molecule has 4 heteroatoms. The summed E-state index contributed by atoms with van der Waals surface area (Å²) in [5, 5.41) is 11.8. The fraction of sp³-hybridized carbons (Fsp3) is 0. The maximum absolute atomic E-state index is 12.9. The van der Waals surface area contributed by atoms with Crippen molar-refractivity contribution < 1.29 is 14.3 Å². The highest BCUT2D eigenvalue weighted by Gasteiger charge is 2.04. The van der Waals surface area contributed by atoms with E-state index >= 15 is 0 Å². The quantitative estimate of drug-likeness (QED) is 0.746. The molecule has 0 aliphatic carbocycles. The van der Waals surface area contributed by atoms with Crippen LogP contribution in [0, 0.1) is 5.82 Å². The van der Waals surface area contributed by atoms with Crippen molar-refractivity contribution in [2.24, 2.45) is 0 Å². The van der Waals surface area contributed by atoms with Crippen LogP contribution in [0.5, 0.6) is 0 Å². The molecule has 0 saturated carbocycles. The van der Waals surface area contributed by atoms with E-state index in [1.807, 2.05) is 0 Å². The van der Waals surface area contributed by atoms with Gasteiger partial charge in [-0.1, -0.05) is 36.4 Å². The molecule has 0 unspecified atom stereocenters. The zero-order chi connectivity index (χ0) is 15.5. The molecule has 0 atom stereocenters. The summed E-state index contributed by atoms with van der Waals surface area (Å²) in [5.74, 6) is -1.55. The number of hydrogen-bond acceptors (Lipinski definition) is 3. The van der Waals surface area contributed by atoms with Crippen LogP contribution >= 0.6 is 0 Å². The van der Waals surface area contributed by atoms with Crippen molar-refractivity contribution in [1.82, 2.24) is 4.98 Å². The fourth-order valence-corrected chi connectivity index (χ4v) is 2.21. The highest BCUT2D eigenvalue weighted by Crippen LogP contribution is 2.19. The second-order valence-corrected chi connectivity index (χ2v) is 4.78. The Morgan fingerprint density at radius 1 is 1.05 bits per heavy atom. The third-order valence-corrected chi connectivity index (χ3v) is 3.27. The molecule has 2 aromatic carbocycles. The Hall–Kier alpha value is -3.01. The van der Waals surface area contributed by atoms with Gasteiger partial charge in [0.25, 0.3) is 0 Å². The van der Waals surface area contributed by atoms with Gasteiger partial charge in [-0.05, 0) is 35.9 Å². The van der Waals surface area contributed by atoms with Gasteiger partial charge in [0.1, 0.15) is 5.82 Å². The van der Waals surface area contributed by atoms with E-state index in [-0.39, 0.29) is 11.4 Å². The summed E-state index contributed by atoms with van der Waals surface area (Å²) in [6.45, 7) is 0. The fourth-order valence-electron chi connectivity index (χ4n) is 2.21. The number of halogens is 1. The monoisotopic (exact) mass is 292 g/mol. The highest BCUT2D eigenvalue weighted by atomic mass is 19.1. The van der Waals surface area contributed by atoms with E-state index in [1.54, 1.807) is 48.6 Å². The number of aromatic nitrogens is 1. The van der Waals surface area contributed by atoms with Gasteiger partial charge in [0.05, 0.1) is 17.2 Å². The summed E-state index contributed by atoms with van der Waals surface area (Å²) in [6, 6.07) is 14.4. The van der Waals surface area contributed by atoms with Gasteiger partial charge in [-0.15, -0.1) is 0 Å². The Labute approximate surface area is 126 Å². The minimum absolute atomic E-state index is 0.101. The number of pyridine rings is 1. The molecule has 1 aromatic heterocycles. The smallest absolute Gasteiger partial charge is 0.123 e. The first-order valence-corrected chi connectivity index (χ1v) is 6.68. The van der Waals surface area contributed by atoms with Crippen molar-refractivity contribution in [2.45, 2.75) is 0 Å². The number of carbonyl (C=O) groups excluding carboxylic acids is 1. The zero-order valence-corrected chi connectivity index (χ0v) is 11.5. The number of carboxylic acid groups (broad SMARTS) is 1. The minimum atomic E-state index is -1.24. The lowest BCUT2D eigenvalue weighted by Gasteiger charge is -2.08. The van der Waals surface area contributed by atoms with Gasteiger partial charge in [-0.25, -0.2) is 9.37 Å². The number of para-hydroxylation sites is 1. The highest BCUT2D eigenvalue weighted by molar-refractivity contribution is 6.02. The summed E-state index contributed by atoms with van der Waals surface area (Å²) in [7, 11) is 0. The van der Waals surface area contributed by atoms with Gasteiger partial charge >= 0.3 is 0 Å². The first-order valence-electron chi connectivity index (χ1n) is 6.68. The van der Waals surface area contributed by atoms with Crippen LogP contribution in [0.15, 0.2) is 54.6 Å². The lowest BCUT2D eigenvalue weighted by atomic mass is 10.1. The van der Waals surface area contributed by atoms with E-state index in [1.165, 1.54) is 18.2 Å². The Balaban J connectivity index is 2.04. The van der Waals surface area contributed by atoms with Crippen molar-refractivity contribution in [1.29, 1.82) is 0 Å². The normalized spacial score (nSPS) is 11.1. The van der Waals surface area contributed by atoms with E-state index in [0.717, 1.165) is 5.56 Å². The van der Waals surface area contributed by atoms with Crippen LogP contribution < -0.4 is 5.11 Å². The summed E-state index contributed by atoms with van der Waals surface area (Å²) >= 11 is 0. The third-order valence-electron chi connectivity index (χ3n) is 3.27. The van der Waals surface area contributed by atoms with E-state index in [2.05, 4.69) is 4.98 Å². The molecule has 0 amide bonds. The van der Waals surface area contributed by atoms with E-state index in [9.17, 15) is 14.3 Å². The van der Waals surface area contributed by atoms with Crippen molar-refractivity contribution >= 4 is 29.0 Å². The lowest BCUT2D eigenvalue weighted by Crippen LogP contribution is -2.22. The molecule has 1 heterocycles. The third kappa shape index (κ3) is 2.86. The lowest BCUT2D eigenvalue weighted by molar-refractivity contribution is -0.254. The van der Waals surface area contributed by atoms with Gasteiger partial charge in [-0.2, -0.15) is 0 Å². The standard InChI is InChI=1S/C18H12FNO2/c19-13-8-5-12(6-9-13)7-10-14-11-16(18(21)22)15-3-1-2-4-17(15)20-14/h1-11H,(H,21,22)/p-1/b10-7+. The Kier molecular flexibility index (Phi) is 3.66. The molecule has 0 bridgehead atoms. The maximum atomic E-state index is 12.9. The van der Waals surface area contributed by atoms with Crippen molar-refractivity contribution in [2.75, 3.05) is 0 Å². The molecule has 0 N–H and O–H groups in total. The molecule has 0 spiro atoms. The molecule has 0 radical (unpaired) electrons. The summed E-state index contributed by atoms with van der Waals surface area (Å²) in [4.78, 5) is 15.7. The number of aromatic carboxylic acids is 1. The average molecular weight is 292 g/mol. The molecular formula is C18H11FNO2-. The van der Waals surface area contributed by atoms with Crippen molar-refractivity contribution in [3.63, 3.8) is 0 Å². The Morgan fingerprint density at radius 3 is 2.50 bits per heavy atom. The largest absolute Gasteiger partial charge is 0.545 e. The number of benzene rings is 2. The first-order chi connectivity index (χ1) is 10.6. The molecule has 0 saturated heterocycles. The van der Waals surface area contributed by atoms with Crippen LogP contribution in [0.1, 0.15) is 21.6 Å². The molecule has 3 aromatic rings. The SMILES string of the molecule is O=C([O-])c1cc(/C=C/c2ccc(F)cc2)nc2ccccc12. The van der Waals surface area contributed by atoms with E-state index in [0.29, 0.717) is 16.6 Å². The second kappa shape index (κ2) is 5.77. The molecule has 108 valence electrons. The van der Waals surface area contributed by atoms with Crippen molar-refractivity contribution in [3.8, 4) is 0 Å². The van der Waals surface area contributed by atoms with Crippen molar-refractivity contribution in [3.05, 3.63) is 77.2 Å². The molecule has 3 rings (SSSR count). The molecule has 3 nitrogen and oxygen atoms in total. The molecule has 0 aliphatic rings. The number of carboxylic acids is 1. The van der Waals surface area contributed by atoms with Gasteiger partial charge < -0.3 is 9.90 Å². The Bertz CT molecular complexity index is 870. The molecule has 0 fully saturated rings. The van der Waals surface area contributed by atoms with Gasteiger partial charge in [0, 0.05) is 10.9 Å². The molecule has 22 heavy (non-hydrogen) atoms. The van der Waals surface area contributed by atoms with E-state index < -0.39 is 5.97 Å². The van der Waals surface area contributed by atoms with Gasteiger partial charge in [-0.3, -0.25) is 0 Å². The number of carbonyl (C=O) groups is 1. The van der Waals surface area contributed by atoms with Crippen LogP contribution in [0.25, 0.3) is 23.1 Å². The molecule has 0 aliphatic heterocycles.